The zero-order chi connectivity index (χ0) is 13.0. The molecular formula is C14H18INO2. The van der Waals surface area contributed by atoms with Crippen molar-refractivity contribution in [1.82, 2.24) is 4.90 Å². The van der Waals surface area contributed by atoms with Gasteiger partial charge in [-0.05, 0) is 66.6 Å². The SMILES string of the molecule is O=C(CN1CCC(CO)CC1)c1ccc(I)cc1. The monoisotopic (exact) mass is 359 g/mol. The molecule has 1 aliphatic rings. The van der Waals surface area contributed by atoms with Crippen LogP contribution in [0.2, 0.25) is 0 Å². The lowest BCUT2D eigenvalue weighted by molar-refractivity contribution is 0.0864. The molecule has 0 saturated carbocycles. The number of rotatable bonds is 4. The van der Waals surface area contributed by atoms with E-state index in [0.717, 1.165) is 35.1 Å². The summed E-state index contributed by atoms with van der Waals surface area (Å²) in [6.45, 7) is 2.61. The fourth-order valence-corrected chi connectivity index (χ4v) is 2.62. The maximum atomic E-state index is 12.1. The predicted molar refractivity (Wildman–Crippen MR) is 79.7 cm³/mol. The topological polar surface area (TPSA) is 40.5 Å². The minimum Gasteiger partial charge on any atom is -0.396 e. The van der Waals surface area contributed by atoms with Crippen LogP contribution in [0.15, 0.2) is 24.3 Å². The van der Waals surface area contributed by atoms with E-state index in [-0.39, 0.29) is 12.4 Å². The summed E-state index contributed by atoms with van der Waals surface area (Å²) in [7, 11) is 0. The van der Waals surface area contributed by atoms with Gasteiger partial charge in [0.25, 0.3) is 0 Å². The Morgan fingerprint density at radius 2 is 1.89 bits per heavy atom. The molecule has 2 rings (SSSR count). The Hall–Kier alpha value is -0.460. The van der Waals surface area contributed by atoms with E-state index in [4.69, 9.17) is 5.11 Å². The summed E-state index contributed by atoms with van der Waals surface area (Å²) in [5.41, 5.74) is 0.791. The highest BCUT2D eigenvalue weighted by Gasteiger charge is 2.20. The number of piperidine rings is 1. The van der Waals surface area contributed by atoms with E-state index in [0.29, 0.717) is 12.5 Å². The van der Waals surface area contributed by atoms with Crippen LogP contribution >= 0.6 is 22.6 Å². The number of carbonyl (C=O) groups excluding carboxylic acids is 1. The maximum Gasteiger partial charge on any atom is 0.176 e. The molecule has 1 N–H and O–H groups in total. The highest BCUT2D eigenvalue weighted by molar-refractivity contribution is 14.1. The smallest absolute Gasteiger partial charge is 0.176 e. The molecule has 0 amide bonds. The van der Waals surface area contributed by atoms with Crippen molar-refractivity contribution in [3.63, 3.8) is 0 Å². The third kappa shape index (κ3) is 3.76. The van der Waals surface area contributed by atoms with Gasteiger partial charge in [-0.2, -0.15) is 0 Å². The molecule has 3 nitrogen and oxygen atoms in total. The summed E-state index contributed by atoms with van der Waals surface area (Å²) in [5.74, 6) is 0.614. The molecule has 18 heavy (non-hydrogen) atoms. The van der Waals surface area contributed by atoms with E-state index in [1.165, 1.54) is 0 Å². The van der Waals surface area contributed by atoms with Crippen molar-refractivity contribution in [3.8, 4) is 0 Å². The van der Waals surface area contributed by atoms with Gasteiger partial charge < -0.3 is 5.11 Å². The van der Waals surface area contributed by atoms with Crippen molar-refractivity contribution in [3.05, 3.63) is 33.4 Å². The molecule has 1 aliphatic heterocycles. The second-order valence-electron chi connectivity index (χ2n) is 4.83. The van der Waals surface area contributed by atoms with Crippen LogP contribution in [0.5, 0.6) is 0 Å². The van der Waals surface area contributed by atoms with Crippen LogP contribution in [0.25, 0.3) is 0 Å². The third-order valence-electron chi connectivity index (χ3n) is 3.50. The number of aliphatic hydroxyl groups is 1. The number of nitrogens with zero attached hydrogens (tertiary/aromatic N) is 1. The lowest BCUT2D eigenvalue weighted by Gasteiger charge is -2.30. The number of aliphatic hydroxyl groups excluding tert-OH is 1. The summed E-state index contributed by atoms with van der Waals surface area (Å²) in [6, 6.07) is 7.72. The average Bonchev–Trinajstić information content (AvgIpc) is 2.40. The number of halogens is 1. The van der Waals surface area contributed by atoms with Gasteiger partial charge in [-0.1, -0.05) is 12.1 Å². The van der Waals surface area contributed by atoms with Crippen molar-refractivity contribution in [1.29, 1.82) is 0 Å². The largest absolute Gasteiger partial charge is 0.396 e. The lowest BCUT2D eigenvalue weighted by Crippen LogP contribution is -2.38. The number of hydrogen-bond donors (Lipinski definition) is 1. The first kappa shape index (κ1) is 14.0. The van der Waals surface area contributed by atoms with Crippen LogP contribution in [-0.4, -0.2) is 42.0 Å². The number of ketones is 1. The van der Waals surface area contributed by atoms with Crippen LogP contribution < -0.4 is 0 Å². The van der Waals surface area contributed by atoms with Gasteiger partial charge in [0.05, 0.1) is 6.54 Å². The standard InChI is InChI=1S/C14H18INO2/c15-13-3-1-12(2-4-13)14(18)9-16-7-5-11(10-17)6-8-16/h1-4,11,17H,5-10H2. The molecule has 0 spiro atoms. The summed E-state index contributed by atoms with van der Waals surface area (Å²) in [5, 5.41) is 9.08. The molecule has 0 aliphatic carbocycles. The minimum atomic E-state index is 0.189. The first-order chi connectivity index (χ1) is 8.69. The Labute approximate surface area is 121 Å². The quantitative estimate of drug-likeness (QED) is 0.662. The van der Waals surface area contributed by atoms with Gasteiger partial charge in [0.15, 0.2) is 5.78 Å². The van der Waals surface area contributed by atoms with E-state index >= 15 is 0 Å². The number of Topliss-reactive ketones (excluding diaryl/α,β-unsaturated/α-hetero) is 1. The first-order valence-electron chi connectivity index (χ1n) is 6.31. The molecule has 4 heteroatoms. The second-order valence-corrected chi connectivity index (χ2v) is 6.08. The molecule has 0 atom stereocenters. The molecule has 0 unspecified atom stereocenters. The van der Waals surface area contributed by atoms with Crippen molar-refractivity contribution in [2.45, 2.75) is 12.8 Å². The maximum absolute atomic E-state index is 12.1. The molecule has 1 heterocycles. The molecule has 98 valence electrons. The molecule has 1 aromatic rings. The van der Waals surface area contributed by atoms with Crippen LogP contribution in [0.1, 0.15) is 23.2 Å². The van der Waals surface area contributed by atoms with Gasteiger partial charge in [0.1, 0.15) is 0 Å². The molecular weight excluding hydrogens is 341 g/mol. The van der Waals surface area contributed by atoms with E-state index in [1.807, 2.05) is 24.3 Å². The first-order valence-corrected chi connectivity index (χ1v) is 7.39. The molecule has 1 fully saturated rings. The zero-order valence-electron chi connectivity index (χ0n) is 10.3. The number of likely N-dealkylation sites (tertiary alicyclic amines) is 1. The Morgan fingerprint density at radius 3 is 2.44 bits per heavy atom. The van der Waals surface area contributed by atoms with Crippen LogP contribution in [0.3, 0.4) is 0 Å². The predicted octanol–water partition coefficient (Wildman–Crippen LogP) is 2.18. The molecule has 0 radical (unpaired) electrons. The highest BCUT2D eigenvalue weighted by Crippen LogP contribution is 2.17. The average molecular weight is 359 g/mol. The Kier molecular flexibility index (Phi) is 5.14. The van der Waals surface area contributed by atoms with Gasteiger partial charge in [-0.3, -0.25) is 9.69 Å². The Balaban J connectivity index is 1.86. The summed E-state index contributed by atoms with van der Waals surface area (Å²) in [6.07, 6.45) is 1.99. The van der Waals surface area contributed by atoms with E-state index in [9.17, 15) is 4.79 Å². The van der Waals surface area contributed by atoms with Gasteiger partial charge in [0, 0.05) is 15.7 Å². The number of benzene rings is 1. The normalized spacial score (nSPS) is 17.9. The zero-order valence-corrected chi connectivity index (χ0v) is 12.5. The van der Waals surface area contributed by atoms with Crippen molar-refractivity contribution in [2.75, 3.05) is 26.2 Å². The third-order valence-corrected chi connectivity index (χ3v) is 4.22. The lowest BCUT2D eigenvalue weighted by atomic mass is 9.97. The van der Waals surface area contributed by atoms with Crippen LogP contribution in [0.4, 0.5) is 0 Å². The Bertz CT molecular complexity index is 397. The summed E-state index contributed by atoms with van der Waals surface area (Å²) < 4.78 is 1.15. The number of carbonyl (C=O) groups is 1. The second kappa shape index (κ2) is 6.63. The van der Waals surface area contributed by atoms with Gasteiger partial charge in [0.2, 0.25) is 0 Å². The molecule has 1 aromatic carbocycles. The van der Waals surface area contributed by atoms with Crippen molar-refractivity contribution < 1.29 is 9.90 Å². The van der Waals surface area contributed by atoms with E-state index in [1.54, 1.807) is 0 Å². The summed E-state index contributed by atoms with van der Waals surface area (Å²) >= 11 is 2.24. The minimum absolute atomic E-state index is 0.189. The molecule has 0 aromatic heterocycles. The van der Waals surface area contributed by atoms with Gasteiger partial charge >= 0.3 is 0 Å². The van der Waals surface area contributed by atoms with Crippen LogP contribution in [0, 0.1) is 9.49 Å². The van der Waals surface area contributed by atoms with Gasteiger partial charge in [-0.15, -0.1) is 0 Å². The van der Waals surface area contributed by atoms with Crippen molar-refractivity contribution in [2.24, 2.45) is 5.92 Å². The highest BCUT2D eigenvalue weighted by atomic mass is 127. The Morgan fingerprint density at radius 1 is 1.28 bits per heavy atom. The number of hydrogen-bond acceptors (Lipinski definition) is 3. The van der Waals surface area contributed by atoms with Crippen molar-refractivity contribution >= 4 is 28.4 Å². The summed E-state index contributed by atoms with van der Waals surface area (Å²) in [4.78, 5) is 14.3. The van der Waals surface area contributed by atoms with Gasteiger partial charge in [-0.25, -0.2) is 0 Å². The molecule has 1 saturated heterocycles. The fourth-order valence-electron chi connectivity index (χ4n) is 2.26. The van der Waals surface area contributed by atoms with Crippen LogP contribution in [-0.2, 0) is 0 Å². The van der Waals surface area contributed by atoms with E-state index in [2.05, 4.69) is 27.5 Å². The fraction of sp³-hybridized carbons (Fsp3) is 0.500. The van der Waals surface area contributed by atoms with E-state index < -0.39 is 0 Å². The molecule has 0 bridgehead atoms.